The molecule has 0 saturated carbocycles. The summed E-state index contributed by atoms with van der Waals surface area (Å²) in [6.45, 7) is 0.450. The van der Waals surface area contributed by atoms with Gasteiger partial charge in [0.25, 0.3) is 0 Å². The lowest BCUT2D eigenvalue weighted by Crippen LogP contribution is -2.36. The van der Waals surface area contributed by atoms with Crippen LogP contribution < -0.4 is 19.9 Å². The number of methoxy groups -OCH3 is 1. The second kappa shape index (κ2) is 9.75. The summed E-state index contributed by atoms with van der Waals surface area (Å²) in [5, 5.41) is 13.2. The lowest BCUT2D eigenvalue weighted by molar-refractivity contribution is -0.386. The van der Waals surface area contributed by atoms with Crippen LogP contribution in [0.4, 0.5) is 11.4 Å². The Morgan fingerprint density at radius 1 is 1.21 bits per heavy atom. The fourth-order valence-corrected chi connectivity index (χ4v) is 4.10. The predicted molar refractivity (Wildman–Crippen MR) is 122 cm³/mol. The summed E-state index contributed by atoms with van der Waals surface area (Å²) < 4.78 is 16.6. The summed E-state index contributed by atoms with van der Waals surface area (Å²) in [5.41, 5.74) is -1.57. The van der Waals surface area contributed by atoms with Crippen LogP contribution in [0.25, 0.3) is 0 Å². The molecule has 0 fully saturated rings. The van der Waals surface area contributed by atoms with Crippen LogP contribution >= 0.6 is 11.3 Å². The van der Waals surface area contributed by atoms with Crippen molar-refractivity contribution in [3.05, 3.63) is 78.9 Å². The fraction of sp³-hybridized carbons (Fsp3) is 0.227. The fourth-order valence-electron chi connectivity index (χ4n) is 3.41. The van der Waals surface area contributed by atoms with Crippen molar-refractivity contribution < 1.29 is 28.7 Å². The zero-order valence-corrected chi connectivity index (χ0v) is 18.8. The Hall–Kier alpha value is -4.19. The minimum Gasteiger partial charge on any atom is -0.486 e. The molecule has 1 aromatic carbocycles. The van der Waals surface area contributed by atoms with Gasteiger partial charge in [-0.05, 0) is 23.6 Å². The minimum atomic E-state index is -1.01. The zero-order chi connectivity index (χ0) is 24.2. The van der Waals surface area contributed by atoms with Gasteiger partial charge >= 0.3 is 17.2 Å². The highest BCUT2D eigenvalue weighted by Crippen LogP contribution is 2.34. The summed E-state index contributed by atoms with van der Waals surface area (Å²) in [6.07, 6.45) is 1.08. The van der Waals surface area contributed by atoms with Gasteiger partial charge in [-0.1, -0.05) is 6.07 Å². The van der Waals surface area contributed by atoms with E-state index in [-0.39, 0.29) is 12.1 Å². The summed E-state index contributed by atoms with van der Waals surface area (Å²) in [4.78, 5) is 50.8. The third-order valence-corrected chi connectivity index (χ3v) is 5.88. The number of hydrogen-bond acceptors (Lipinski definition) is 9. The minimum absolute atomic E-state index is 0.198. The molecule has 1 aliphatic rings. The summed E-state index contributed by atoms with van der Waals surface area (Å²) in [6, 6.07) is 9.58. The van der Waals surface area contributed by atoms with E-state index < -0.39 is 34.6 Å². The number of aromatic nitrogens is 1. The number of benzene rings is 1. The molecule has 0 aliphatic carbocycles. The Bertz CT molecular complexity index is 1300. The van der Waals surface area contributed by atoms with E-state index in [0.717, 1.165) is 28.8 Å². The van der Waals surface area contributed by atoms with Gasteiger partial charge in [-0.3, -0.25) is 24.3 Å². The predicted octanol–water partition coefficient (Wildman–Crippen LogP) is 2.61. The highest BCUT2D eigenvalue weighted by Gasteiger charge is 2.25. The van der Waals surface area contributed by atoms with Crippen LogP contribution in [0.15, 0.2) is 52.8 Å². The molecule has 3 aromatic rings. The Kier molecular flexibility index (Phi) is 6.59. The highest BCUT2D eigenvalue weighted by molar-refractivity contribution is 7.09. The van der Waals surface area contributed by atoms with Crippen LogP contribution in [0.1, 0.15) is 15.2 Å². The van der Waals surface area contributed by atoms with Gasteiger partial charge in [0.2, 0.25) is 5.91 Å². The SMILES string of the molecule is COC(=O)c1cc([N+](=O)[O-])c(=O)n(CC(=O)N(Cc2cccs2)c2ccc3c(c2)OCCO3)c1. The molecule has 2 aromatic heterocycles. The number of carbonyl (C=O) groups is 2. The van der Waals surface area contributed by atoms with Crippen molar-refractivity contribution in [3.8, 4) is 11.5 Å². The van der Waals surface area contributed by atoms with Crippen LogP contribution in [0, 0.1) is 10.1 Å². The largest absolute Gasteiger partial charge is 0.486 e. The van der Waals surface area contributed by atoms with Crippen LogP contribution in [0.5, 0.6) is 11.5 Å². The molecule has 1 amide bonds. The van der Waals surface area contributed by atoms with Crippen molar-refractivity contribution in [2.75, 3.05) is 25.2 Å². The van der Waals surface area contributed by atoms with Gasteiger partial charge in [-0.25, -0.2) is 4.79 Å². The number of rotatable bonds is 7. The van der Waals surface area contributed by atoms with E-state index in [9.17, 15) is 24.5 Å². The van der Waals surface area contributed by atoms with Crippen LogP contribution in [-0.4, -0.2) is 41.7 Å². The molecule has 0 unspecified atom stereocenters. The molecule has 3 heterocycles. The summed E-state index contributed by atoms with van der Waals surface area (Å²) in [5.74, 6) is -0.362. The molecule has 0 radical (unpaired) electrons. The molecular formula is C22H19N3O8S. The first-order chi connectivity index (χ1) is 16.4. The van der Waals surface area contributed by atoms with E-state index in [0.29, 0.717) is 30.4 Å². The molecule has 4 rings (SSSR count). The van der Waals surface area contributed by atoms with Crippen molar-refractivity contribution in [3.63, 3.8) is 0 Å². The molecule has 0 bridgehead atoms. The Labute approximate surface area is 196 Å². The lowest BCUT2D eigenvalue weighted by Gasteiger charge is -2.25. The number of ether oxygens (including phenoxy) is 3. The number of thiophene rings is 1. The zero-order valence-electron chi connectivity index (χ0n) is 18.0. The molecule has 0 atom stereocenters. The van der Waals surface area contributed by atoms with Crippen LogP contribution in [-0.2, 0) is 22.6 Å². The van der Waals surface area contributed by atoms with Gasteiger partial charge in [0, 0.05) is 28.9 Å². The number of hydrogen-bond donors (Lipinski definition) is 0. The van der Waals surface area contributed by atoms with Crippen molar-refractivity contribution in [1.82, 2.24) is 4.57 Å². The maximum absolute atomic E-state index is 13.4. The van der Waals surface area contributed by atoms with Crippen molar-refractivity contribution in [1.29, 1.82) is 0 Å². The van der Waals surface area contributed by atoms with Crippen molar-refractivity contribution >= 4 is 34.6 Å². The van der Waals surface area contributed by atoms with Crippen molar-refractivity contribution in [2.45, 2.75) is 13.1 Å². The van der Waals surface area contributed by atoms with E-state index in [1.54, 1.807) is 18.2 Å². The standard InChI is InChI=1S/C22H19N3O8S/c1-31-22(28)14-9-17(25(29)30)21(27)23(11-14)13-20(26)24(12-16-3-2-8-34-16)15-4-5-18-19(10-15)33-7-6-32-18/h2-5,8-11H,6-7,12-13H2,1H3. The van der Waals surface area contributed by atoms with Gasteiger partial charge in [0.1, 0.15) is 19.8 Å². The molecule has 34 heavy (non-hydrogen) atoms. The number of nitro groups is 1. The summed E-state index contributed by atoms with van der Waals surface area (Å²) >= 11 is 1.45. The number of amides is 1. The molecule has 0 saturated heterocycles. The molecule has 1 aliphatic heterocycles. The third kappa shape index (κ3) is 4.76. The molecule has 0 N–H and O–H groups in total. The first-order valence-electron chi connectivity index (χ1n) is 10.1. The third-order valence-electron chi connectivity index (χ3n) is 5.02. The van der Waals surface area contributed by atoms with Gasteiger partial charge < -0.3 is 19.1 Å². The average molecular weight is 485 g/mol. The molecule has 11 nitrogen and oxygen atoms in total. The highest BCUT2D eigenvalue weighted by atomic mass is 32.1. The van der Waals surface area contributed by atoms with Crippen LogP contribution in [0.3, 0.4) is 0 Å². The average Bonchev–Trinajstić information content (AvgIpc) is 3.36. The van der Waals surface area contributed by atoms with E-state index in [1.165, 1.54) is 16.2 Å². The topological polar surface area (TPSA) is 130 Å². The number of pyridine rings is 1. The number of esters is 1. The van der Waals surface area contributed by atoms with Gasteiger partial charge in [0.15, 0.2) is 11.5 Å². The quantitative estimate of drug-likeness (QED) is 0.284. The Morgan fingerprint density at radius 2 is 1.97 bits per heavy atom. The first kappa shape index (κ1) is 23.0. The van der Waals surface area contributed by atoms with E-state index in [1.807, 2.05) is 17.5 Å². The normalized spacial score (nSPS) is 12.1. The number of nitrogens with zero attached hydrogens (tertiary/aromatic N) is 3. The smallest absolute Gasteiger partial charge is 0.339 e. The second-order valence-corrected chi connectivity index (χ2v) is 8.22. The van der Waals surface area contributed by atoms with Gasteiger partial charge in [-0.2, -0.15) is 0 Å². The molecule has 12 heteroatoms. The molecule has 176 valence electrons. The second-order valence-electron chi connectivity index (χ2n) is 7.18. The Balaban J connectivity index is 1.71. The van der Waals surface area contributed by atoms with E-state index >= 15 is 0 Å². The Morgan fingerprint density at radius 3 is 2.65 bits per heavy atom. The number of carbonyl (C=O) groups excluding carboxylic acids is 2. The molecule has 0 spiro atoms. The van der Waals surface area contributed by atoms with E-state index in [2.05, 4.69) is 4.74 Å². The summed E-state index contributed by atoms with van der Waals surface area (Å²) in [7, 11) is 1.11. The maximum atomic E-state index is 13.4. The van der Waals surface area contributed by atoms with Crippen molar-refractivity contribution in [2.24, 2.45) is 0 Å². The first-order valence-corrected chi connectivity index (χ1v) is 10.9. The molecular weight excluding hydrogens is 466 g/mol. The number of anilines is 1. The van der Waals surface area contributed by atoms with E-state index in [4.69, 9.17) is 9.47 Å². The lowest BCUT2D eigenvalue weighted by atomic mass is 10.2. The van der Waals surface area contributed by atoms with Crippen LogP contribution in [0.2, 0.25) is 0 Å². The van der Waals surface area contributed by atoms with Gasteiger partial charge in [-0.15, -0.1) is 11.3 Å². The van der Waals surface area contributed by atoms with Gasteiger partial charge in [0.05, 0.1) is 24.1 Å². The maximum Gasteiger partial charge on any atom is 0.339 e. The number of fused-ring (bicyclic) bond motifs is 1. The monoisotopic (exact) mass is 485 g/mol.